The molecule has 1 atom stereocenters. The SMILES string of the molecule is COC(=O)C1(C/C=C\c2ccc(C(F)(F)F)cc2)C(=O)C=Cc2ccccc21. The molecule has 0 aliphatic heterocycles. The molecular weight excluding hydrogens is 369 g/mol. The molecule has 0 radical (unpaired) electrons. The molecule has 1 unspecified atom stereocenters. The van der Waals surface area contributed by atoms with E-state index in [1.807, 2.05) is 0 Å². The standard InChI is InChI=1S/C22H17F3O3/c1-28-20(27)21(18-7-3-2-6-16(18)10-13-19(21)26)14-4-5-15-8-11-17(12-9-15)22(23,24)25/h2-13H,14H2,1H3/b5-4-. The third-order valence-corrected chi connectivity index (χ3v) is 4.76. The van der Waals surface area contributed by atoms with Gasteiger partial charge in [-0.15, -0.1) is 0 Å². The number of allylic oxidation sites excluding steroid dienone is 2. The maximum Gasteiger partial charge on any atom is 0.416 e. The van der Waals surface area contributed by atoms with Crippen molar-refractivity contribution in [1.29, 1.82) is 0 Å². The van der Waals surface area contributed by atoms with E-state index in [2.05, 4.69) is 0 Å². The summed E-state index contributed by atoms with van der Waals surface area (Å²) in [5.41, 5.74) is -0.429. The van der Waals surface area contributed by atoms with Crippen LogP contribution in [0.1, 0.15) is 28.7 Å². The fourth-order valence-electron chi connectivity index (χ4n) is 3.31. The molecule has 2 aromatic carbocycles. The number of fused-ring (bicyclic) bond motifs is 1. The Morgan fingerprint density at radius 2 is 1.75 bits per heavy atom. The molecule has 28 heavy (non-hydrogen) atoms. The Balaban J connectivity index is 1.93. The van der Waals surface area contributed by atoms with Crippen LogP contribution in [0.4, 0.5) is 13.2 Å². The number of esters is 1. The third-order valence-electron chi connectivity index (χ3n) is 4.76. The Morgan fingerprint density at radius 3 is 2.39 bits per heavy atom. The lowest BCUT2D eigenvalue weighted by atomic mass is 9.69. The molecule has 0 fully saturated rings. The molecule has 0 N–H and O–H groups in total. The quantitative estimate of drug-likeness (QED) is 0.559. The number of rotatable bonds is 4. The number of alkyl halides is 3. The van der Waals surface area contributed by atoms with Crippen LogP contribution in [0, 0.1) is 0 Å². The van der Waals surface area contributed by atoms with Crippen LogP contribution >= 0.6 is 0 Å². The summed E-state index contributed by atoms with van der Waals surface area (Å²) in [5, 5.41) is 0. The van der Waals surface area contributed by atoms with E-state index in [0.717, 1.165) is 17.7 Å². The van der Waals surface area contributed by atoms with Crippen LogP contribution < -0.4 is 0 Å². The number of ketones is 1. The minimum absolute atomic E-state index is 0.0287. The molecule has 2 aromatic rings. The van der Waals surface area contributed by atoms with Gasteiger partial charge in [0.1, 0.15) is 0 Å². The molecule has 1 aliphatic carbocycles. The number of hydrogen-bond acceptors (Lipinski definition) is 3. The van der Waals surface area contributed by atoms with Gasteiger partial charge < -0.3 is 4.74 Å². The van der Waals surface area contributed by atoms with Gasteiger partial charge >= 0.3 is 12.1 Å². The number of benzene rings is 2. The molecule has 3 rings (SSSR count). The molecule has 0 amide bonds. The summed E-state index contributed by atoms with van der Waals surface area (Å²) in [6.45, 7) is 0. The lowest BCUT2D eigenvalue weighted by molar-refractivity contribution is -0.151. The van der Waals surface area contributed by atoms with Gasteiger partial charge in [0.05, 0.1) is 12.7 Å². The highest BCUT2D eigenvalue weighted by Gasteiger charge is 2.48. The van der Waals surface area contributed by atoms with Crippen LogP contribution in [0.5, 0.6) is 0 Å². The fraction of sp³-hybridized carbons (Fsp3) is 0.182. The number of ether oxygens (including phenoxy) is 1. The van der Waals surface area contributed by atoms with Gasteiger partial charge in [0.25, 0.3) is 0 Å². The van der Waals surface area contributed by atoms with E-state index in [1.165, 1.54) is 25.3 Å². The predicted octanol–water partition coefficient (Wildman–Crippen LogP) is 4.82. The van der Waals surface area contributed by atoms with E-state index in [4.69, 9.17) is 4.74 Å². The lowest BCUT2D eigenvalue weighted by Gasteiger charge is -2.31. The van der Waals surface area contributed by atoms with E-state index >= 15 is 0 Å². The second-order valence-electron chi connectivity index (χ2n) is 6.41. The minimum atomic E-state index is -4.40. The number of hydrogen-bond donors (Lipinski definition) is 0. The van der Waals surface area contributed by atoms with Crippen molar-refractivity contribution in [3.63, 3.8) is 0 Å². The molecule has 1 aliphatic rings. The van der Waals surface area contributed by atoms with Gasteiger partial charge in [0, 0.05) is 0 Å². The first kappa shape index (κ1) is 19.6. The Kier molecular flexibility index (Phi) is 5.23. The first-order valence-corrected chi connectivity index (χ1v) is 8.53. The van der Waals surface area contributed by atoms with Gasteiger partial charge in [-0.2, -0.15) is 13.2 Å². The predicted molar refractivity (Wildman–Crippen MR) is 99.3 cm³/mol. The molecule has 0 saturated heterocycles. The third kappa shape index (κ3) is 3.50. The van der Waals surface area contributed by atoms with Crippen LogP contribution in [0.2, 0.25) is 0 Å². The summed E-state index contributed by atoms with van der Waals surface area (Å²) in [7, 11) is 1.22. The summed E-state index contributed by atoms with van der Waals surface area (Å²) in [5.74, 6) is -1.07. The largest absolute Gasteiger partial charge is 0.468 e. The molecular formula is C22H17F3O3. The molecule has 6 heteroatoms. The number of methoxy groups -OCH3 is 1. The monoisotopic (exact) mass is 386 g/mol. The molecule has 0 spiro atoms. The van der Waals surface area contributed by atoms with Crippen molar-refractivity contribution in [3.8, 4) is 0 Å². The zero-order valence-corrected chi connectivity index (χ0v) is 15.0. The van der Waals surface area contributed by atoms with Crippen LogP contribution in [0.15, 0.2) is 60.7 Å². The highest BCUT2D eigenvalue weighted by atomic mass is 19.4. The van der Waals surface area contributed by atoms with Crippen molar-refractivity contribution in [3.05, 3.63) is 82.9 Å². The molecule has 0 aromatic heterocycles. The van der Waals surface area contributed by atoms with Crippen LogP contribution in [0.25, 0.3) is 12.2 Å². The second-order valence-corrected chi connectivity index (χ2v) is 6.41. The molecule has 144 valence electrons. The van der Waals surface area contributed by atoms with E-state index in [1.54, 1.807) is 42.5 Å². The summed E-state index contributed by atoms with van der Waals surface area (Å²) in [4.78, 5) is 25.4. The van der Waals surface area contributed by atoms with Crippen molar-refractivity contribution in [2.24, 2.45) is 0 Å². The summed E-state index contributed by atoms with van der Waals surface area (Å²) in [6.07, 6.45) is 1.82. The highest BCUT2D eigenvalue weighted by molar-refractivity contribution is 6.18. The van der Waals surface area contributed by atoms with Crippen LogP contribution in [0.3, 0.4) is 0 Å². The zero-order chi connectivity index (χ0) is 20.4. The van der Waals surface area contributed by atoms with Gasteiger partial charge in [0.2, 0.25) is 0 Å². The van der Waals surface area contributed by atoms with Crippen molar-refractivity contribution < 1.29 is 27.5 Å². The van der Waals surface area contributed by atoms with E-state index in [-0.39, 0.29) is 6.42 Å². The Bertz CT molecular complexity index is 956. The Morgan fingerprint density at radius 1 is 1.07 bits per heavy atom. The first-order valence-electron chi connectivity index (χ1n) is 8.53. The maximum atomic E-state index is 12.7. The van der Waals surface area contributed by atoms with Gasteiger partial charge in [-0.3, -0.25) is 9.59 Å². The first-order chi connectivity index (χ1) is 13.3. The summed E-state index contributed by atoms with van der Waals surface area (Å²) in [6, 6.07) is 11.7. The van der Waals surface area contributed by atoms with Crippen molar-refractivity contribution in [2.45, 2.75) is 18.0 Å². The van der Waals surface area contributed by atoms with Crippen molar-refractivity contribution in [1.82, 2.24) is 0 Å². The van der Waals surface area contributed by atoms with Gasteiger partial charge in [-0.25, -0.2) is 0 Å². The van der Waals surface area contributed by atoms with Gasteiger partial charge in [-0.05, 0) is 41.3 Å². The van der Waals surface area contributed by atoms with E-state index < -0.39 is 28.9 Å². The fourth-order valence-corrected chi connectivity index (χ4v) is 3.31. The average Bonchev–Trinajstić information content (AvgIpc) is 2.69. The molecule has 0 bridgehead atoms. The summed E-state index contributed by atoms with van der Waals surface area (Å²) < 4.78 is 42.9. The highest BCUT2D eigenvalue weighted by Crippen LogP contribution is 2.38. The molecule has 0 saturated carbocycles. The smallest absolute Gasteiger partial charge is 0.416 e. The van der Waals surface area contributed by atoms with E-state index in [0.29, 0.717) is 11.1 Å². The van der Waals surface area contributed by atoms with Gasteiger partial charge in [0.15, 0.2) is 11.2 Å². The summed E-state index contributed by atoms with van der Waals surface area (Å²) >= 11 is 0. The normalized spacial score (nSPS) is 18.9. The van der Waals surface area contributed by atoms with Gasteiger partial charge in [-0.1, -0.05) is 54.6 Å². The van der Waals surface area contributed by atoms with Crippen molar-refractivity contribution in [2.75, 3.05) is 7.11 Å². The topological polar surface area (TPSA) is 43.4 Å². The lowest BCUT2D eigenvalue weighted by Crippen LogP contribution is -2.45. The van der Waals surface area contributed by atoms with Crippen molar-refractivity contribution >= 4 is 23.9 Å². The number of halogens is 3. The zero-order valence-electron chi connectivity index (χ0n) is 15.0. The molecule has 3 nitrogen and oxygen atoms in total. The number of carbonyl (C=O) groups is 2. The Labute approximate surface area is 160 Å². The molecule has 0 heterocycles. The maximum absolute atomic E-state index is 12.7. The number of carbonyl (C=O) groups excluding carboxylic acids is 2. The van der Waals surface area contributed by atoms with E-state index in [9.17, 15) is 22.8 Å². The second kappa shape index (κ2) is 7.46. The Hall–Kier alpha value is -3.15. The average molecular weight is 386 g/mol. The van der Waals surface area contributed by atoms with Crippen LogP contribution in [-0.4, -0.2) is 18.9 Å². The minimum Gasteiger partial charge on any atom is -0.468 e. The van der Waals surface area contributed by atoms with Crippen LogP contribution in [-0.2, 0) is 25.9 Å².